The van der Waals surface area contributed by atoms with Crippen LogP contribution in [0.5, 0.6) is 0 Å². The van der Waals surface area contributed by atoms with Gasteiger partial charge < -0.3 is 4.84 Å². The monoisotopic (exact) mass is 159 g/mol. The maximum Gasteiger partial charge on any atom is 0.393 e. The molecule has 0 aliphatic carbocycles. The van der Waals surface area contributed by atoms with Crippen LogP contribution in [-0.4, -0.2) is 11.8 Å². The lowest BCUT2D eigenvalue weighted by atomic mass is 10.1. The van der Waals surface area contributed by atoms with Gasteiger partial charge in [-0.05, 0) is 6.42 Å². The largest absolute Gasteiger partial charge is 0.393 e. The molecule has 0 aromatic carbocycles. The Morgan fingerprint density at radius 3 is 2.45 bits per heavy atom. The summed E-state index contributed by atoms with van der Waals surface area (Å²) in [6.07, 6.45) is 2.93. The number of Topliss-reactive ketones (excluding diaryl/α,β-unsaturated/α-hetero) is 1. The smallest absolute Gasteiger partial charge is 0.367 e. The van der Waals surface area contributed by atoms with Crippen LogP contribution < -0.4 is 5.90 Å². The molecule has 0 amide bonds. The van der Waals surface area contributed by atoms with E-state index in [9.17, 15) is 9.59 Å². The highest BCUT2D eigenvalue weighted by atomic mass is 16.7. The average molecular weight is 159 g/mol. The summed E-state index contributed by atoms with van der Waals surface area (Å²) in [6.45, 7) is 2.02. The molecular formula is C7H13NO3. The zero-order chi connectivity index (χ0) is 8.69. The molecule has 0 saturated heterocycles. The SMILES string of the molecule is CCCCCC(=O)C(=O)ON. The van der Waals surface area contributed by atoms with E-state index in [-0.39, 0.29) is 6.42 Å². The molecule has 64 valence electrons. The van der Waals surface area contributed by atoms with Crippen molar-refractivity contribution >= 4 is 11.8 Å². The van der Waals surface area contributed by atoms with E-state index >= 15 is 0 Å². The number of ketones is 1. The molecule has 4 nitrogen and oxygen atoms in total. The van der Waals surface area contributed by atoms with E-state index in [4.69, 9.17) is 0 Å². The summed E-state index contributed by atoms with van der Waals surface area (Å²) >= 11 is 0. The molecule has 0 radical (unpaired) electrons. The van der Waals surface area contributed by atoms with Gasteiger partial charge in [-0.1, -0.05) is 19.8 Å². The van der Waals surface area contributed by atoms with E-state index in [1.54, 1.807) is 0 Å². The maximum atomic E-state index is 10.7. The third-order valence-corrected chi connectivity index (χ3v) is 1.34. The van der Waals surface area contributed by atoms with Gasteiger partial charge in [0.05, 0.1) is 0 Å². The van der Waals surface area contributed by atoms with E-state index in [0.717, 1.165) is 19.3 Å². The Hall–Kier alpha value is -0.900. The highest BCUT2D eigenvalue weighted by Crippen LogP contribution is 1.99. The van der Waals surface area contributed by atoms with Crippen LogP contribution in [-0.2, 0) is 14.4 Å². The number of carbonyl (C=O) groups is 2. The molecule has 0 rings (SSSR count). The van der Waals surface area contributed by atoms with Crippen molar-refractivity contribution in [1.82, 2.24) is 0 Å². The van der Waals surface area contributed by atoms with E-state index < -0.39 is 11.8 Å². The van der Waals surface area contributed by atoms with Gasteiger partial charge in [-0.15, -0.1) is 0 Å². The van der Waals surface area contributed by atoms with Gasteiger partial charge in [-0.25, -0.2) is 4.79 Å². The molecule has 0 aromatic heterocycles. The van der Waals surface area contributed by atoms with Crippen molar-refractivity contribution in [3.8, 4) is 0 Å². The molecule has 0 saturated carbocycles. The predicted molar refractivity (Wildman–Crippen MR) is 39.4 cm³/mol. The molecule has 0 unspecified atom stereocenters. The fourth-order valence-corrected chi connectivity index (χ4v) is 0.703. The Labute approximate surface area is 65.7 Å². The van der Waals surface area contributed by atoms with Crippen LogP contribution in [0, 0.1) is 0 Å². The first kappa shape index (κ1) is 10.1. The molecule has 0 bridgehead atoms. The number of hydrogen-bond donors (Lipinski definition) is 1. The van der Waals surface area contributed by atoms with Gasteiger partial charge in [-0.3, -0.25) is 4.79 Å². The Bertz CT molecular complexity index is 145. The van der Waals surface area contributed by atoms with Crippen LogP contribution in [0.2, 0.25) is 0 Å². The van der Waals surface area contributed by atoms with E-state index in [1.807, 2.05) is 6.92 Å². The zero-order valence-electron chi connectivity index (χ0n) is 6.63. The summed E-state index contributed by atoms with van der Waals surface area (Å²) in [6, 6.07) is 0. The first-order valence-electron chi connectivity index (χ1n) is 3.66. The third-order valence-electron chi connectivity index (χ3n) is 1.34. The van der Waals surface area contributed by atoms with Crippen LogP contribution in [0.15, 0.2) is 0 Å². The minimum atomic E-state index is -0.943. The molecule has 0 spiro atoms. The first-order chi connectivity index (χ1) is 5.22. The molecule has 0 aliphatic heterocycles. The molecule has 0 fully saturated rings. The Balaban J connectivity index is 3.44. The van der Waals surface area contributed by atoms with E-state index in [1.165, 1.54) is 0 Å². The van der Waals surface area contributed by atoms with Crippen molar-refractivity contribution in [3.63, 3.8) is 0 Å². The minimum Gasteiger partial charge on any atom is -0.367 e. The molecule has 0 aromatic rings. The second-order valence-corrected chi connectivity index (χ2v) is 2.29. The van der Waals surface area contributed by atoms with Gasteiger partial charge in [0.1, 0.15) is 0 Å². The molecular weight excluding hydrogens is 146 g/mol. The summed E-state index contributed by atoms with van der Waals surface area (Å²) in [7, 11) is 0. The fourth-order valence-electron chi connectivity index (χ4n) is 0.703. The Morgan fingerprint density at radius 1 is 1.36 bits per heavy atom. The van der Waals surface area contributed by atoms with Crippen molar-refractivity contribution in [2.75, 3.05) is 0 Å². The second-order valence-electron chi connectivity index (χ2n) is 2.29. The number of rotatable bonds is 5. The molecule has 2 N–H and O–H groups in total. The lowest BCUT2D eigenvalue weighted by Crippen LogP contribution is -2.20. The summed E-state index contributed by atoms with van der Waals surface area (Å²) in [5, 5.41) is 0. The molecule has 0 aliphatic rings. The van der Waals surface area contributed by atoms with Crippen molar-refractivity contribution in [1.29, 1.82) is 0 Å². The summed E-state index contributed by atoms with van der Waals surface area (Å²) in [4.78, 5) is 24.9. The zero-order valence-corrected chi connectivity index (χ0v) is 6.63. The Kier molecular flexibility index (Phi) is 5.37. The summed E-state index contributed by atoms with van der Waals surface area (Å²) in [5.74, 6) is 3.02. The lowest BCUT2D eigenvalue weighted by molar-refractivity contribution is -0.154. The average Bonchev–Trinajstić information content (AvgIpc) is 2.03. The van der Waals surface area contributed by atoms with Crippen LogP contribution >= 0.6 is 0 Å². The number of nitrogens with two attached hydrogens (primary N) is 1. The number of unbranched alkanes of at least 4 members (excludes halogenated alkanes) is 2. The molecule has 0 atom stereocenters. The van der Waals surface area contributed by atoms with Gasteiger partial charge in [0.15, 0.2) is 0 Å². The van der Waals surface area contributed by atoms with Crippen molar-refractivity contribution in [2.45, 2.75) is 32.6 Å². The van der Waals surface area contributed by atoms with Gasteiger partial charge in [0, 0.05) is 6.42 Å². The molecule has 11 heavy (non-hydrogen) atoms. The summed E-state index contributed by atoms with van der Waals surface area (Å²) < 4.78 is 0. The van der Waals surface area contributed by atoms with Crippen molar-refractivity contribution in [3.05, 3.63) is 0 Å². The van der Waals surface area contributed by atoms with Crippen molar-refractivity contribution in [2.24, 2.45) is 5.90 Å². The van der Waals surface area contributed by atoms with Gasteiger partial charge in [-0.2, -0.15) is 5.90 Å². The normalized spacial score (nSPS) is 9.27. The summed E-state index contributed by atoms with van der Waals surface area (Å²) in [5.41, 5.74) is 0. The number of carbonyl (C=O) groups excluding carboxylic acids is 2. The number of hydrogen-bond acceptors (Lipinski definition) is 4. The molecule has 4 heteroatoms. The standard InChI is InChI=1S/C7H13NO3/c1-2-3-4-5-6(9)7(10)11-8/h2-5,8H2,1H3. The minimum absolute atomic E-state index is 0.240. The van der Waals surface area contributed by atoms with E-state index in [0.29, 0.717) is 0 Å². The maximum absolute atomic E-state index is 10.7. The lowest BCUT2D eigenvalue weighted by Gasteiger charge is -1.95. The van der Waals surface area contributed by atoms with Gasteiger partial charge in [0.2, 0.25) is 5.78 Å². The van der Waals surface area contributed by atoms with Crippen molar-refractivity contribution < 1.29 is 14.4 Å². The first-order valence-corrected chi connectivity index (χ1v) is 3.66. The third kappa shape index (κ3) is 4.50. The highest BCUT2D eigenvalue weighted by molar-refractivity contribution is 6.33. The highest BCUT2D eigenvalue weighted by Gasteiger charge is 2.12. The van der Waals surface area contributed by atoms with Crippen LogP contribution in [0.4, 0.5) is 0 Å². The van der Waals surface area contributed by atoms with Gasteiger partial charge in [0.25, 0.3) is 0 Å². The van der Waals surface area contributed by atoms with Crippen LogP contribution in [0.3, 0.4) is 0 Å². The fraction of sp³-hybridized carbons (Fsp3) is 0.714. The second kappa shape index (κ2) is 5.85. The van der Waals surface area contributed by atoms with Crippen LogP contribution in [0.1, 0.15) is 32.6 Å². The van der Waals surface area contributed by atoms with Crippen LogP contribution in [0.25, 0.3) is 0 Å². The quantitative estimate of drug-likeness (QED) is 0.361. The predicted octanol–water partition coefficient (Wildman–Crippen LogP) is 0.553. The van der Waals surface area contributed by atoms with Gasteiger partial charge >= 0.3 is 5.97 Å². The molecule has 0 heterocycles. The Morgan fingerprint density at radius 2 is 2.00 bits per heavy atom. The topological polar surface area (TPSA) is 69.4 Å². The van der Waals surface area contributed by atoms with E-state index in [2.05, 4.69) is 10.7 Å².